The quantitative estimate of drug-likeness (QED) is 0.672. The van der Waals surface area contributed by atoms with Crippen LogP contribution >= 0.6 is 12.2 Å². The molecule has 0 radical (unpaired) electrons. The topological polar surface area (TPSA) is 72.9 Å². The fourth-order valence-electron chi connectivity index (χ4n) is 0.827. The Kier molecular flexibility index (Phi) is 2.97. The van der Waals surface area contributed by atoms with Crippen LogP contribution in [-0.2, 0) is 11.8 Å². The third-order valence-corrected chi connectivity index (χ3v) is 1.46. The summed E-state index contributed by atoms with van der Waals surface area (Å²) in [5.41, 5.74) is 5.20. The van der Waals surface area contributed by atoms with Gasteiger partial charge in [-0.15, -0.1) is 0 Å². The van der Waals surface area contributed by atoms with Crippen LogP contribution in [0.3, 0.4) is 0 Å². The molecule has 1 rings (SSSR count). The van der Waals surface area contributed by atoms with E-state index in [1.165, 1.54) is 0 Å². The van der Waals surface area contributed by atoms with Gasteiger partial charge in [-0.25, -0.2) is 0 Å². The summed E-state index contributed by atoms with van der Waals surface area (Å²) in [7, 11) is 1.77. The highest BCUT2D eigenvalue weighted by atomic mass is 32.1. The lowest BCUT2D eigenvalue weighted by Gasteiger charge is -1.99. The maximum atomic E-state index is 11.1. The smallest absolute Gasteiger partial charge is 0.232 e. The second-order valence-electron chi connectivity index (χ2n) is 2.57. The van der Waals surface area contributed by atoms with Gasteiger partial charge in [0.15, 0.2) is 5.82 Å². The summed E-state index contributed by atoms with van der Waals surface area (Å²) < 4.78 is 1.59. The lowest BCUT2D eigenvalue weighted by atomic mass is 10.4. The molecule has 1 aromatic heterocycles. The zero-order chi connectivity index (χ0) is 9.84. The Morgan fingerprint density at radius 2 is 2.54 bits per heavy atom. The summed E-state index contributed by atoms with van der Waals surface area (Å²) >= 11 is 4.58. The number of amides is 1. The van der Waals surface area contributed by atoms with E-state index in [0.29, 0.717) is 5.82 Å². The molecule has 0 unspecified atom stereocenters. The van der Waals surface area contributed by atoms with E-state index in [0.717, 1.165) is 0 Å². The minimum atomic E-state index is -0.244. The van der Waals surface area contributed by atoms with Gasteiger partial charge in [-0.05, 0) is 0 Å². The van der Waals surface area contributed by atoms with Crippen LogP contribution in [0.1, 0.15) is 6.42 Å². The van der Waals surface area contributed by atoms with Crippen LogP contribution in [0.15, 0.2) is 12.3 Å². The van der Waals surface area contributed by atoms with Crippen LogP contribution in [-0.4, -0.2) is 20.7 Å². The van der Waals surface area contributed by atoms with Gasteiger partial charge in [0.1, 0.15) is 0 Å². The van der Waals surface area contributed by atoms with Gasteiger partial charge in [-0.1, -0.05) is 12.2 Å². The molecule has 13 heavy (non-hydrogen) atoms. The number of nitrogens with two attached hydrogens (primary N) is 1. The number of anilines is 1. The van der Waals surface area contributed by atoms with Crippen molar-refractivity contribution in [3.8, 4) is 0 Å². The van der Waals surface area contributed by atoms with Crippen molar-refractivity contribution < 1.29 is 4.79 Å². The molecule has 0 spiro atoms. The van der Waals surface area contributed by atoms with Crippen molar-refractivity contribution in [1.29, 1.82) is 0 Å². The molecule has 70 valence electrons. The number of hydrogen-bond donors (Lipinski definition) is 2. The average Bonchev–Trinajstić information content (AvgIpc) is 2.33. The maximum Gasteiger partial charge on any atom is 0.232 e. The van der Waals surface area contributed by atoms with E-state index in [9.17, 15) is 4.79 Å². The van der Waals surface area contributed by atoms with Crippen molar-refractivity contribution in [2.75, 3.05) is 5.32 Å². The highest BCUT2D eigenvalue weighted by Crippen LogP contribution is 2.01. The summed E-state index contributed by atoms with van der Waals surface area (Å²) in [6.45, 7) is 0. The van der Waals surface area contributed by atoms with Crippen molar-refractivity contribution in [2.45, 2.75) is 6.42 Å². The van der Waals surface area contributed by atoms with Crippen LogP contribution in [0, 0.1) is 0 Å². The van der Waals surface area contributed by atoms with E-state index in [-0.39, 0.29) is 17.3 Å². The molecule has 5 nitrogen and oxygen atoms in total. The van der Waals surface area contributed by atoms with Crippen molar-refractivity contribution in [3.05, 3.63) is 12.3 Å². The van der Waals surface area contributed by atoms with E-state index < -0.39 is 0 Å². The van der Waals surface area contributed by atoms with Gasteiger partial charge in [0.25, 0.3) is 0 Å². The van der Waals surface area contributed by atoms with E-state index in [1.54, 1.807) is 24.0 Å². The van der Waals surface area contributed by atoms with E-state index in [1.807, 2.05) is 0 Å². The number of aryl methyl sites for hydroxylation is 1. The summed E-state index contributed by atoms with van der Waals surface area (Å²) in [5, 5.41) is 6.51. The molecule has 1 heterocycles. The van der Waals surface area contributed by atoms with Crippen molar-refractivity contribution in [2.24, 2.45) is 12.8 Å². The first-order valence-electron chi connectivity index (χ1n) is 3.66. The fraction of sp³-hybridized carbons (Fsp3) is 0.286. The number of carbonyl (C=O) groups is 1. The second kappa shape index (κ2) is 3.99. The van der Waals surface area contributed by atoms with Crippen LogP contribution in [0.2, 0.25) is 0 Å². The molecule has 0 saturated heterocycles. The van der Waals surface area contributed by atoms with E-state index >= 15 is 0 Å². The molecule has 6 heteroatoms. The minimum Gasteiger partial charge on any atom is -0.393 e. The monoisotopic (exact) mass is 198 g/mol. The third-order valence-electron chi connectivity index (χ3n) is 1.32. The number of rotatable bonds is 3. The molecule has 1 aromatic rings. The first kappa shape index (κ1) is 9.66. The lowest BCUT2D eigenvalue weighted by molar-refractivity contribution is -0.115. The fourth-order valence-corrected chi connectivity index (χ4v) is 0.958. The second-order valence-corrected chi connectivity index (χ2v) is 3.09. The number of nitrogens with one attached hydrogen (secondary N) is 1. The highest BCUT2D eigenvalue weighted by molar-refractivity contribution is 7.80. The predicted molar refractivity (Wildman–Crippen MR) is 53.2 cm³/mol. The van der Waals surface area contributed by atoms with Crippen molar-refractivity contribution >= 4 is 28.9 Å². The van der Waals surface area contributed by atoms with Gasteiger partial charge in [0, 0.05) is 19.3 Å². The largest absolute Gasteiger partial charge is 0.393 e. The number of carbonyl (C=O) groups excluding carboxylic acids is 1. The number of thiocarbonyl (C=S) groups is 1. The van der Waals surface area contributed by atoms with Gasteiger partial charge in [-0.2, -0.15) is 5.10 Å². The van der Waals surface area contributed by atoms with Crippen molar-refractivity contribution in [1.82, 2.24) is 9.78 Å². The summed E-state index contributed by atoms with van der Waals surface area (Å²) in [6.07, 6.45) is 1.78. The molecule has 0 aliphatic carbocycles. The van der Waals surface area contributed by atoms with Gasteiger partial charge in [-0.3, -0.25) is 9.48 Å². The number of aromatic nitrogens is 2. The van der Waals surface area contributed by atoms with Gasteiger partial charge < -0.3 is 11.1 Å². The third kappa shape index (κ3) is 3.20. The average molecular weight is 198 g/mol. The molecule has 0 aromatic carbocycles. The Balaban J connectivity index is 2.50. The zero-order valence-corrected chi connectivity index (χ0v) is 7.97. The first-order valence-corrected chi connectivity index (χ1v) is 4.06. The molecular formula is C7H10N4OS. The lowest BCUT2D eigenvalue weighted by Crippen LogP contribution is -2.20. The Labute approximate surface area is 80.9 Å². The molecule has 3 N–H and O–H groups in total. The zero-order valence-electron chi connectivity index (χ0n) is 7.15. The van der Waals surface area contributed by atoms with Gasteiger partial charge in [0.05, 0.1) is 11.4 Å². The molecule has 0 fully saturated rings. The Morgan fingerprint density at radius 1 is 1.85 bits per heavy atom. The summed E-state index contributed by atoms with van der Waals surface area (Å²) in [4.78, 5) is 11.3. The highest BCUT2D eigenvalue weighted by Gasteiger charge is 2.04. The number of nitrogens with zero attached hydrogens (tertiary/aromatic N) is 2. The van der Waals surface area contributed by atoms with E-state index in [2.05, 4.69) is 22.6 Å². The normalized spacial score (nSPS) is 9.62. The molecule has 0 atom stereocenters. The Hall–Kier alpha value is -1.43. The Bertz CT molecular complexity index is 333. The van der Waals surface area contributed by atoms with Crippen LogP contribution < -0.4 is 11.1 Å². The van der Waals surface area contributed by atoms with Crippen LogP contribution in [0.25, 0.3) is 0 Å². The van der Waals surface area contributed by atoms with Crippen molar-refractivity contribution in [3.63, 3.8) is 0 Å². The van der Waals surface area contributed by atoms with Crippen LogP contribution in [0.5, 0.6) is 0 Å². The standard InChI is InChI=1S/C7H10N4OS/c1-11-3-2-6(10-11)9-7(12)4-5(8)13/h2-3H,4H2,1H3,(H2,8,13)(H,9,10,12). The summed E-state index contributed by atoms with van der Waals surface area (Å²) in [5.74, 6) is 0.259. The van der Waals surface area contributed by atoms with Gasteiger partial charge in [0.2, 0.25) is 5.91 Å². The van der Waals surface area contributed by atoms with E-state index in [4.69, 9.17) is 5.73 Å². The first-order chi connectivity index (χ1) is 6.08. The molecule has 0 bridgehead atoms. The molecule has 0 aliphatic heterocycles. The number of hydrogen-bond acceptors (Lipinski definition) is 3. The van der Waals surface area contributed by atoms with Gasteiger partial charge >= 0.3 is 0 Å². The predicted octanol–water partition coefficient (Wildman–Crippen LogP) is 0.0348. The molecule has 0 saturated carbocycles. The maximum absolute atomic E-state index is 11.1. The molecule has 1 amide bonds. The molecule has 0 aliphatic rings. The summed E-state index contributed by atoms with van der Waals surface area (Å²) in [6, 6.07) is 1.69. The molecular weight excluding hydrogens is 188 g/mol. The Morgan fingerprint density at radius 3 is 3.00 bits per heavy atom. The SMILES string of the molecule is Cn1ccc(NC(=O)CC(N)=S)n1. The van der Waals surface area contributed by atoms with Crippen LogP contribution in [0.4, 0.5) is 5.82 Å². The minimum absolute atomic E-state index is 0.0475.